The number of carbonyl (C=O) groups excluding carboxylic acids is 1. The SMILES string of the molecule is Cc1ccccc1C1CC(C)N(C(=O)C2CCC(N)C2)C1. The predicted molar refractivity (Wildman–Crippen MR) is 85.0 cm³/mol. The van der Waals surface area contributed by atoms with E-state index in [1.807, 2.05) is 0 Å². The maximum Gasteiger partial charge on any atom is 0.226 e. The first-order chi connectivity index (χ1) is 10.1. The molecule has 1 aliphatic heterocycles. The normalized spacial score (nSPS) is 32.6. The van der Waals surface area contributed by atoms with Crippen LogP contribution in [0.1, 0.15) is 49.7 Å². The molecule has 2 N–H and O–H groups in total. The largest absolute Gasteiger partial charge is 0.339 e. The number of rotatable bonds is 2. The zero-order valence-corrected chi connectivity index (χ0v) is 13.1. The Balaban J connectivity index is 1.71. The van der Waals surface area contributed by atoms with Crippen molar-refractivity contribution in [1.82, 2.24) is 4.90 Å². The number of likely N-dealkylation sites (tertiary alicyclic amines) is 1. The van der Waals surface area contributed by atoms with Crippen LogP contribution in [0.2, 0.25) is 0 Å². The molecule has 4 unspecified atom stereocenters. The smallest absolute Gasteiger partial charge is 0.226 e. The van der Waals surface area contributed by atoms with Gasteiger partial charge in [-0.15, -0.1) is 0 Å². The van der Waals surface area contributed by atoms with E-state index >= 15 is 0 Å². The Labute approximate surface area is 127 Å². The van der Waals surface area contributed by atoms with Gasteiger partial charge < -0.3 is 10.6 Å². The van der Waals surface area contributed by atoms with Crippen molar-refractivity contribution in [3.63, 3.8) is 0 Å². The number of amides is 1. The van der Waals surface area contributed by atoms with Gasteiger partial charge >= 0.3 is 0 Å². The Morgan fingerprint density at radius 2 is 2.00 bits per heavy atom. The van der Waals surface area contributed by atoms with Crippen molar-refractivity contribution in [2.75, 3.05) is 6.54 Å². The fourth-order valence-corrected chi connectivity index (χ4v) is 4.08. The maximum absolute atomic E-state index is 12.7. The molecule has 0 bridgehead atoms. The van der Waals surface area contributed by atoms with Crippen LogP contribution in [0.3, 0.4) is 0 Å². The maximum atomic E-state index is 12.7. The molecular formula is C18H26N2O. The lowest BCUT2D eigenvalue weighted by molar-refractivity contribution is -0.135. The minimum atomic E-state index is 0.165. The van der Waals surface area contributed by atoms with Crippen molar-refractivity contribution < 1.29 is 4.79 Å². The summed E-state index contributed by atoms with van der Waals surface area (Å²) in [6.45, 7) is 5.22. The monoisotopic (exact) mass is 286 g/mol. The van der Waals surface area contributed by atoms with E-state index in [9.17, 15) is 4.79 Å². The zero-order chi connectivity index (χ0) is 15.0. The molecule has 1 amide bonds. The Hall–Kier alpha value is -1.35. The van der Waals surface area contributed by atoms with E-state index in [4.69, 9.17) is 5.73 Å². The van der Waals surface area contributed by atoms with Gasteiger partial charge in [0.2, 0.25) is 5.91 Å². The van der Waals surface area contributed by atoms with Gasteiger partial charge in [-0.25, -0.2) is 0 Å². The Bertz CT molecular complexity index is 528. The summed E-state index contributed by atoms with van der Waals surface area (Å²) in [5.41, 5.74) is 8.71. The van der Waals surface area contributed by atoms with Crippen molar-refractivity contribution in [2.24, 2.45) is 11.7 Å². The summed E-state index contributed by atoms with van der Waals surface area (Å²) in [4.78, 5) is 14.8. The summed E-state index contributed by atoms with van der Waals surface area (Å²) in [5, 5.41) is 0. The second kappa shape index (κ2) is 5.80. The second-order valence-electron chi connectivity index (χ2n) is 6.90. The standard InChI is InChI=1S/C18H26N2O/c1-12-5-3-4-6-17(12)15-9-13(2)20(11-15)18(21)14-7-8-16(19)10-14/h3-6,13-16H,7-11,19H2,1-2H3. The van der Waals surface area contributed by atoms with Crippen LogP contribution in [-0.4, -0.2) is 29.4 Å². The van der Waals surface area contributed by atoms with Crippen LogP contribution in [0.15, 0.2) is 24.3 Å². The molecule has 3 nitrogen and oxygen atoms in total. The molecule has 21 heavy (non-hydrogen) atoms. The van der Waals surface area contributed by atoms with Gasteiger partial charge in [0.05, 0.1) is 0 Å². The van der Waals surface area contributed by atoms with E-state index in [0.29, 0.717) is 17.9 Å². The van der Waals surface area contributed by atoms with Crippen LogP contribution in [0.4, 0.5) is 0 Å². The summed E-state index contributed by atoms with van der Waals surface area (Å²) in [6, 6.07) is 9.14. The first-order valence-electron chi connectivity index (χ1n) is 8.18. The van der Waals surface area contributed by atoms with Gasteiger partial charge in [-0.3, -0.25) is 4.79 Å². The predicted octanol–water partition coefficient (Wildman–Crippen LogP) is 2.83. The molecule has 2 fully saturated rings. The first kappa shape index (κ1) is 14.6. The Morgan fingerprint density at radius 3 is 2.67 bits per heavy atom. The third kappa shape index (κ3) is 2.84. The van der Waals surface area contributed by atoms with Gasteiger partial charge in [0.15, 0.2) is 0 Å². The average Bonchev–Trinajstić information content (AvgIpc) is 3.05. The van der Waals surface area contributed by atoms with Crippen LogP contribution in [0.5, 0.6) is 0 Å². The van der Waals surface area contributed by atoms with Crippen molar-refractivity contribution >= 4 is 5.91 Å². The number of hydrogen-bond acceptors (Lipinski definition) is 2. The van der Waals surface area contributed by atoms with Crippen LogP contribution < -0.4 is 5.73 Å². The van der Waals surface area contributed by atoms with Gasteiger partial charge in [0.1, 0.15) is 0 Å². The third-order valence-electron chi connectivity index (χ3n) is 5.31. The average molecular weight is 286 g/mol. The lowest BCUT2D eigenvalue weighted by Crippen LogP contribution is -2.38. The minimum absolute atomic E-state index is 0.165. The fourth-order valence-electron chi connectivity index (χ4n) is 4.08. The number of aryl methyl sites for hydroxylation is 1. The van der Waals surface area contributed by atoms with Crippen LogP contribution in [0.25, 0.3) is 0 Å². The van der Waals surface area contributed by atoms with Gasteiger partial charge in [0.25, 0.3) is 0 Å². The van der Waals surface area contributed by atoms with Crippen LogP contribution in [-0.2, 0) is 4.79 Å². The van der Waals surface area contributed by atoms with E-state index in [1.165, 1.54) is 11.1 Å². The third-order valence-corrected chi connectivity index (χ3v) is 5.31. The van der Waals surface area contributed by atoms with E-state index in [0.717, 1.165) is 32.2 Å². The molecule has 2 aliphatic rings. The van der Waals surface area contributed by atoms with Gasteiger partial charge in [-0.05, 0) is 50.7 Å². The molecule has 114 valence electrons. The molecule has 3 rings (SSSR count). The van der Waals surface area contributed by atoms with Gasteiger partial charge in [0, 0.05) is 30.5 Å². The Kier molecular flexibility index (Phi) is 4.03. The molecule has 4 atom stereocenters. The summed E-state index contributed by atoms with van der Waals surface area (Å²) < 4.78 is 0. The highest BCUT2D eigenvalue weighted by Crippen LogP contribution is 2.36. The van der Waals surface area contributed by atoms with Crippen LogP contribution in [0, 0.1) is 12.8 Å². The highest BCUT2D eigenvalue weighted by Gasteiger charge is 2.38. The minimum Gasteiger partial charge on any atom is -0.339 e. The highest BCUT2D eigenvalue weighted by molar-refractivity contribution is 5.80. The van der Waals surface area contributed by atoms with Crippen LogP contribution >= 0.6 is 0 Å². The van der Waals surface area contributed by atoms with Gasteiger partial charge in [-0.2, -0.15) is 0 Å². The molecule has 1 aromatic carbocycles. The van der Waals surface area contributed by atoms with E-state index in [2.05, 4.69) is 43.0 Å². The molecule has 1 aromatic rings. The summed E-state index contributed by atoms with van der Waals surface area (Å²) in [5.74, 6) is 0.991. The number of benzene rings is 1. The van der Waals surface area contributed by atoms with Crippen molar-refractivity contribution in [1.29, 1.82) is 0 Å². The molecule has 1 aliphatic carbocycles. The molecular weight excluding hydrogens is 260 g/mol. The summed E-state index contributed by atoms with van der Waals surface area (Å²) in [7, 11) is 0. The molecule has 1 saturated heterocycles. The zero-order valence-electron chi connectivity index (χ0n) is 13.1. The fraction of sp³-hybridized carbons (Fsp3) is 0.611. The molecule has 1 heterocycles. The lowest BCUT2D eigenvalue weighted by Gasteiger charge is -2.25. The van der Waals surface area contributed by atoms with E-state index in [1.54, 1.807) is 0 Å². The number of nitrogens with zero attached hydrogens (tertiary/aromatic N) is 1. The molecule has 1 saturated carbocycles. The van der Waals surface area contributed by atoms with Gasteiger partial charge in [-0.1, -0.05) is 24.3 Å². The number of nitrogens with two attached hydrogens (primary N) is 1. The van der Waals surface area contributed by atoms with E-state index < -0.39 is 0 Å². The molecule has 0 spiro atoms. The number of carbonyl (C=O) groups is 1. The van der Waals surface area contributed by atoms with E-state index in [-0.39, 0.29) is 12.0 Å². The molecule has 0 aromatic heterocycles. The summed E-state index contributed by atoms with van der Waals surface area (Å²) >= 11 is 0. The molecule has 0 radical (unpaired) electrons. The lowest BCUT2D eigenvalue weighted by atomic mass is 9.93. The summed E-state index contributed by atoms with van der Waals surface area (Å²) in [6.07, 6.45) is 3.92. The van der Waals surface area contributed by atoms with Crippen molar-refractivity contribution in [3.8, 4) is 0 Å². The first-order valence-corrected chi connectivity index (χ1v) is 8.18. The second-order valence-corrected chi connectivity index (χ2v) is 6.90. The quantitative estimate of drug-likeness (QED) is 0.908. The number of hydrogen-bond donors (Lipinski definition) is 1. The Morgan fingerprint density at radius 1 is 1.24 bits per heavy atom. The molecule has 3 heteroatoms. The van der Waals surface area contributed by atoms with Crippen molar-refractivity contribution in [2.45, 2.75) is 57.5 Å². The highest BCUT2D eigenvalue weighted by atomic mass is 16.2. The van der Waals surface area contributed by atoms with Crippen molar-refractivity contribution in [3.05, 3.63) is 35.4 Å². The topological polar surface area (TPSA) is 46.3 Å².